The Bertz CT molecular complexity index is 856. The van der Waals surface area contributed by atoms with Crippen LogP contribution in [0.4, 0.5) is 5.69 Å². The van der Waals surface area contributed by atoms with E-state index in [2.05, 4.69) is 30.8 Å². The van der Waals surface area contributed by atoms with E-state index in [9.17, 15) is 13.2 Å². The maximum absolute atomic E-state index is 12.2. The molecule has 0 aromatic heterocycles. The van der Waals surface area contributed by atoms with Crippen molar-refractivity contribution >= 4 is 21.6 Å². The predicted molar refractivity (Wildman–Crippen MR) is 110 cm³/mol. The van der Waals surface area contributed by atoms with Gasteiger partial charge >= 0.3 is 0 Å². The monoisotopic (exact) mass is 388 g/mol. The molecule has 0 aliphatic carbocycles. The van der Waals surface area contributed by atoms with Crippen LogP contribution < -0.4 is 10.0 Å². The first-order valence-electron chi connectivity index (χ1n) is 9.08. The molecule has 0 aliphatic heterocycles. The number of aryl methyl sites for hydroxylation is 1. The lowest BCUT2D eigenvalue weighted by Gasteiger charge is -2.23. The van der Waals surface area contributed by atoms with Gasteiger partial charge < -0.3 is 5.32 Å². The number of hydrogen-bond donors (Lipinski definition) is 2. The SMILES string of the molecule is CC(C)(C)c1ccccc1NC(=O)CNS(=O)(=O)CCCc1ccccc1. The summed E-state index contributed by atoms with van der Waals surface area (Å²) in [6.45, 7) is 5.92. The first-order chi connectivity index (χ1) is 12.7. The lowest BCUT2D eigenvalue weighted by Crippen LogP contribution is -2.34. The van der Waals surface area contributed by atoms with Crippen molar-refractivity contribution in [3.63, 3.8) is 0 Å². The van der Waals surface area contributed by atoms with E-state index in [1.165, 1.54) is 0 Å². The highest BCUT2D eigenvalue weighted by Gasteiger charge is 2.19. The van der Waals surface area contributed by atoms with Crippen molar-refractivity contribution in [2.75, 3.05) is 17.6 Å². The molecular weight excluding hydrogens is 360 g/mol. The average molecular weight is 389 g/mol. The Morgan fingerprint density at radius 3 is 2.26 bits per heavy atom. The second-order valence-corrected chi connectivity index (χ2v) is 9.50. The smallest absolute Gasteiger partial charge is 0.239 e. The second-order valence-electron chi connectivity index (χ2n) is 7.57. The molecule has 0 heterocycles. The van der Waals surface area contributed by atoms with Gasteiger partial charge in [-0.25, -0.2) is 13.1 Å². The first-order valence-corrected chi connectivity index (χ1v) is 10.7. The van der Waals surface area contributed by atoms with E-state index in [4.69, 9.17) is 0 Å². The highest BCUT2D eigenvalue weighted by molar-refractivity contribution is 7.89. The van der Waals surface area contributed by atoms with Crippen molar-refractivity contribution in [1.29, 1.82) is 0 Å². The number of carbonyl (C=O) groups excluding carboxylic acids is 1. The number of para-hydroxylation sites is 1. The van der Waals surface area contributed by atoms with E-state index in [1.807, 2.05) is 54.6 Å². The van der Waals surface area contributed by atoms with Crippen LogP contribution in [0.3, 0.4) is 0 Å². The third kappa shape index (κ3) is 7.15. The molecule has 2 aromatic rings. The summed E-state index contributed by atoms with van der Waals surface area (Å²) < 4.78 is 26.6. The molecule has 0 spiro atoms. The van der Waals surface area contributed by atoms with E-state index >= 15 is 0 Å². The summed E-state index contributed by atoms with van der Waals surface area (Å²) in [5, 5.41) is 2.81. The van der Waals surface area contributed by atoms with Gasteiger partial charge in [-0.3, -0.25) is 4.79 Å². The van der Waals surface area contributed by atoms with Crippen molar-refractivity contribution in [1.82, 2.24) is 4.72 Å². The lowest BCUT2D eigenvalue weighted by atomic mass is 9.86. The van der Waals surface area contributed by atoms with Crippen LogP contribution in [0.5, 0.6) is 0 Å². The molecular formula is C21H28N2O3S. The van der Waals surface area contributed by atoms with E-state index in [0.29, 0.717) is 18.5 Å². The minimum Gasteiger partial charge on any atom is -0.325 e. The quantitative estimate of drug-likeness (QED) is 0.727. The summed E-state index contributed by atoms with van der Waals surface area (Å²) in [6, 6.07) is 17.3. The normalized spacial score (nSPS) is 12.0. The van der Waals surface area contributed by atoms with Gasteiger partial charge in [0.15, 0.2) is 0 Å². The zero-order chi connectivity index (χ0) is 19.9. The first kappa shape index (κ1) is 21.1. The van der Waals surface area contributed by atoms with Crippen LogP contribution in [0.15, 0.2) is 54.6 Å². The zero-order valence-electron chi connectivity index (χ0n) is 16.2. The molecule has 27 heavy (non-hydrogen) atoms. The van der Waals surface area contributed by atoms with E-state index < -0.39 is 10.0 Å². The molecule has 0 bridgehead atoms. The number of benzene rings is 2. The third-order valence-electron chi connectivity index (χ3n) is 4.18. The topological polar surface area (TPSA) is 75.3 Å². The molecule has 0 aliphatic rings. The van der Waals surface area contributed by atoms with Crippen molar-refractivity contribution in [3.05, 3.63) is 65.7 Å². The largest absolute Gasteiger partial charge is 0.325 e. The fourth-order valence-electron chi connectivity index (χ4n) is 2.80. The predicted octanol–water partition coefficient (Wildman–Crippen LogP) is 3.47. The highest BCUT2D eigenvalue weighted by Crippen LogP contribution is 2.29. The van der Waals surface area contributed by atoms with Crippen LogP contribution in [0.2, 0.25) is 0 Å². The van der Waals surface area contributed by atoms with Crippen molar-refractivity contribution < 1.29 is 13.2 Å². The number of amides is 1. The average Bonchev–Trinajstić information content (AvgIpc) is 2.60. The number of sulfonamides is 1. The fraction of sp³-hybridized carbons (Fsp3) is 0.381. The van der Waals surface area contributed by atoms with Crippen LogP contribution in [-0.2, 0) is 26.7 Å². The van der Waals surface area contributed by atoms with Gasteiger partial charge in [0.1, 0.15) is 0 Å². The molecule has 1 amide bonds. The van der Waals surface area contributed by atoms with Crippen molar-refractivity contribution in [2.24, 2.45) is 0 Å². The standard InChI is InChI=1S/C21H28N2O3S/c1-21(2,3)18-13-7-8-14-19(18)23-20(24)16-22-27(25,26)15-9-12-17-10-5-4-6-11-17/h4-8,10-11,13-14,22H,9,12,15-16H2,1-3H3,(H,23,24). The molecule has 0 fully saturated rings. The van der Waals surface area contributed by atoms with Gasteiger partial charge in [0.05, 0.1) is 12.3 Å². The van der Waals surface area contributed by atoms with Gasteiger partial charge in [-0.2, -0.15) is 0 Å². The molecule has 0 saturated heterocycles. The minimum atomic E-state index is -3.49. The summed E-state index contributed by atoms with van der Waals surface area (Å²) in [7, 11) is -3.49. The maximum Gasteiger partial charge on any atom is 0.239 e. The second kappa shape index (κ2) is 9.15. The van der Waals surface area contributed by atoms with Crippen molar-refractivity contribution in [2.45, 2.75) is 39.0 Å². The molecule has 0 unspecified atom stereocenters. The number of carbonyl (C=O) groups is 1. The Kier molecular flexibility index (Phi) is 7.16. The number of hydrogen-bond acceptors (Lipinski definition) is 3. The van der Waals surface area contributed by atoms with Gasteiger partial charge in [-0.1, -0.05) is 69.3 Å². The third-order valence-corrected chi connectivity index (χ3v) is 5.59. The zero-order valence-corrected chi connectivity index (χ0v) is 17.0. The van der Waals surface area contributed by atoms with Gasteiger partial charge in [0.25, 0.3) is 0 Å². The summed E-state index contributed by atoms with van der Waals surface area (Å²) in [6.07, 6.45) is 1.20. The molecule has 0 saturated carbocycles. The molecule has 6 heteroatoms. The molecule has 0 radical (unpaired) electrons. The number of nitrogens with one attached hydrogen (secondary N) is 2. The summed E-state index contributed by atoms with van der Waals surface area (Å²) in [5.41, 5.74) is 2.69. The van der Waals surface area contributed by atoms with Crippen LogP contribution in [0.1, 0.15) is 38.3 Å². The molecule has 0 atom stereocenters. The van der Waals surface area contributed by atoms with Gasteiger partial charge in [0.2, 0.25) is 15.9 Å². The van der Waals surface area contributed by atoms with Crippen LogP contribution in [-0.4, -0.2) is 26.6 Å². The maximum atomic E-state index is 12.2. The molecule has 2 aromatic carbocycles. The summed E-state index contributed by atoms with van der Waals surface area (Å²) in [5.74, 6) is -0.383. The van der Waals surface area contributed by atoms with Crippen LogP contribution in [0.25, 0.3) is 0 Å². The summed E-state index contributed by atoms with van der Waals surface area (Å²) in [4.78, 5) is 12.2. The van der Waals surface area contributed by atoms with Gasteiger partial charge in [0, 0.05) is 5.69 Å². The number of anilines is 1. The molecule has 5 nitrogen and oxygen atoms in total. The Labute approximate surface area is 162 Å². The Hall–Kier alpha value is -2.18. The molecule has 2 N–H and O–H groups in total. The van der Waals surface area contributed by atoms with Gasteiger partial charge in [-0.05, 0) is 35.4 Å². The molecule has 2 rings (SSSR count). The Morgan fingerprint density at radius 2 is 1.59 bits per heavy atom. The van der Waals surface area contributed by atoms with E-state index in [-0.39, 0.29) is 23.6 Å². The Balaban J connectivity index is 1.84. The Morgan fingerprint density at radius 1 is 0.963 bits per heavy atom. The van der Waals surface area contributed by atoms with E-state index in [0.717, 1.165) is 11.1 Å². The molecule has 146 valence electrons. The lowest BCUT2D eigenvalue weighted by molar-refractivity contribution is -0.115. The fourth-order valence-corrected chi connectivity index (χ4v) is 3.82. The van der Waals surface area contributed by atoms with Crippen LogP contribution in [0, 0.1) is 0 Å². The number of rotatable bonds is 8. The van der Waals surface area contributed by atoms with Crippen LogP contribution >= 0.6 is 0 Å². The highest BCUT2D eigenvalue weighted by atomic mass is 32.2. The summed E-state index contributed by atoms with van der Waals surface area (Å²) >= 11 is 0. The van der Waals surface area contributed by atoms with Crippen molar-refractivity contribution in [3.8, 4) is 0 Å². The van der Waals surface area contributed by atoms with E-state index in [1.54, 1.807) is 0 Å². The van der Waals surface area contributed by atoms with Gasteiger partial charge in [-0.15, -0.1) is 0 Å². The minimum absolute atomic E-state index is 0.00620.